The second kappa shape index (κ2) is 5.68. The highest BCUT2D eigenvalue weighted by Gasteiger charge is 2.38. The van der Waals surface area contributed by atoms with Gasteiger partial charge in [0.2, 0.25) is 0 Å². The first-order valence-electron chi connectivity index (χ1n) is 6.23. The number of hydrogen-bond donors (Lipinski definition) is 0. The van der Waals surface area contributed by atoms with Gasteiger partial charge in [0.1, 0.15) is 5.78 Å². The van der Waals surface area contributed by atoms with Crippen molar-refractivity contribution in [2.24, 2.45) is 5.92 Å². The lowest BCUT2D eigenvalue weighted by Gasteiger charge is -2.35. The van der Waals surface area contributed by atoms with Crippen molar-refractivity contribution in [3.05, 3.63) is 34.9 Å². The van der Waals surface area contributed by atoms with Gasteiger partial charge in [-0.15, -0.1) is 0 Å². The molecule has 0 heterocycles. The van der Waals surface area contributed by atoms with E-state index in [1.807, 2.05) is 24.3 Å². The third-order valence-electron chi connectivity index (χ3n) is 3.98. The van der Waals surface area contributed by atoms with Crippen molar-refractivity contribution in [1.29, 1.82) is 0 Å². The van der Waals surface area contributed by atoms with Crippen molar-refractivity contribution >= 4 is 17.4 Å². The molecule has 1 nitrogen and oxygen atoms in total. The van der Waals surface area contributed by atoms with E-state index in [0.717, 1.165) is 18.4 Å². The molecule has 1 atom stereocenters. The van der Waals surface area contributed by atoms with Crippen LogP contribution in [-0.2, 0) is 10.2 Å². The average Bonchev–Trinajstić information content (AvgIpc) is 2.30. The molecule has 0 aliphatic rings. The minimum Gasteiger partial charge on any atom is -0.299 e. The predicted octanol–water partition coefficient (Wildman–Crippen LogP) is 4.62. The van der Waals surface area contributed by atoms with Crippen molar-refractivity contribution in [2.75, 3.05) is 0 Å². The van der Waals surface area contributed by atoms with E-state index < -0.39 is 5.41 Å². The molecule has 0 N–H and O–H groups in total. The number of hydrogen-bond acceptors (Lipinski definition) is 1. The Hall–Kier alpha value is -0.820. The number of carbonyl (C=O) groups is 1. The topological polar surface area (TPSA) is 17.1 Å². The first kappa shape index (κ1) is 14.2. The summed E-state index contributed by atoms with van der Waals surface area (Å²) in [7, 11) is 0. The Morgan fingerprint density at radius 3 is 2.06 bits per heavy atom. The molecule has 1 rings (SSSR count). The molecule has 0 saturated heterocycles. The summed E-state index contributed by atoms with van der Waals surface area (Å²) in [5.41, 5.74) is 0.678. The van der Waals surface area contributed by atoms with Crippen molar-refractivity contribution < 1.29 is 4.79 Å². The van der Waals surface area contributed by atoms with E-state index in [4.69, 9.17) is 11.6 Å². The van der Waals surface area contributed by atoms with Crippen molar-refractivity contribution in [3.8, 4) is 0 Å². The van der Waals surface area contributed by atoms with E-state index in [1.165, 1.54) is 0 Å². The molecule has 2 heteroatoms. The van der Waals surface area contributed by atoms with Gasteiger partial charge in [-0.2, -0.15) is 0 Å². The fourth-order valence-electron chi connectivity index (χ4n) is 2.63. The molecular weight excluding hydrogens is 232 g/mol. The molecule has 1 aromatic carbocycles. The van der Waals surface area contributed by atoms with E-state index in [-0.39, 0.29) is 5.78 Å². The monoisotopic (exact) mass is 252 g/mol. The Morgan fingerprint density at radius 2 is 1.71 bits per heavy atom. The fraction of sp³-hybridized carbons (Fsp3) is 0.533. The van der Waals surface area contributed by atoms with E-state index in [0.29, 0.717) is 10.9 Å². The van der Waals surface area contributed by atoms with Gasteiger partial charge in [-0.05, 0) is 37.5 Å². The van der Waals surface area contributed by atoms with Crippen LogP contribution in [0.1, 0.15) is 46.1 Å². The first-order valence-corrected chi connectivity index (χ1v) is 6.61. The molecule has 0 unspecified atom stereocenters. The number of rotatable bonds is 5. The van der Waals surface area contributed by atoms with Gasteiger partial charge in [-0.1, -0.05) is 50.4 Å². The van der Waals surface area contributed by atoms with E-state index in [2.05, 4.69) is 20.8 Å². The lowest BCUT2D eigenvalue weighted by atomic mass is 9.67. The third-order valence-corrected chi connectivity index (χ3v) is 4.23. The van der Waals surface area contributed by atoms with Crippen LogP contribution in [0.25, 0.3) is 0 Å². The Balaban J connectivity index is 3.24. The number of benzene rings is 1. The average molecular weight is 253 g/mol. The lowest BCUT2D eigenvalue weighted by molar-refractivity contribution is -0.124. The fourth-order valence-corrected chi connectivity index (χ4v) is 2.75. The molecule has 0 bridgehead atoms. The van der Waals surface area contributed by atoms with E-state index in [9.17, 15) is 4.79 Å². The van der Waals surface area contributed by atoms with Crippen LogP contribution in [0.2, 0.25) is 5.02 Å². The second-order valence-corrected chi connectivity index (χ2v) is 5.22. The summed E-state index contributed by atoms with van der Waals surface area (Å²) in [4.78, 5) is 12.1. The molecule has 0 radical (unpaired) electrons. The van der Waals surface area contributed by atoms with Gasteiger partial charge in [0.05, 0.1) is 5.41 Å². The van der Waals surface area contributed by atoms with Gasteiger partial charge >= 0.3 is 0 Å². The summed E-state index contributed by atoms with van der Waals surface area (Å²) in [6.45, 7) is 8.03. The number of carbonyl (C=O) groups excluding carboxylic acids is 1. The highest BCUT2D eigenvalue weighted by molar-refractivity contribution is 6.30. The summed E-state index contributed by atoms with van der Waals surface area (Å²) in [6, 6.07) is 7.67. The Morgan fingerprint density at radius 1 is 1.24 bits per heavy atom. The summed E-state index contributed by atoms with van der Waals surface area (Å²) in [5, 5.41) is 0.712. The quantitative estimate of drug-likeness (QED) is 0.747. The van der Waals surface area contributed by atoms with Crippen LogP contribution >= 0.6 is 11.6 Å². The van der Waals surface area contributed by atoms with Crippen LogP contribution < -0.4 is 0 Å². The summed E-state index contributed by atoms with van der Waals surface area (Å²) >= 11 is 5.90. The maximum atomic E-state index is 12.1. The van der Waals surface area contributed by atoms with Crippen molar-refractivity contribution in [1.82, 2.24) is 0 Å². The van der Waals surface area contributed by atoms with Crippen LogP contribution in [-0.4, -0.2) is 5.78 Å². The number of ketones is 1. The van der Waals surface area contributed by atoms with E-state index in [1.54, 1.807) is 6.92 Å². The van der Waals surface area contributed by atoms with Crippen LogP contribution in [0.3, 0.4) is 0 Å². The van der Waals surface area contributed by atoms with Crippen molar-refractivity contribution in [3.63, 3.8) is 0 Å². The van der Waals surface area contributed by atoms with E-state index >= 15 is 0 Å². The van der Waals surface area contributed by atoms with Gasteiger partial charge in [0.25, 0.3) is 0 Å². The predicted molar refractivity (Wildman–Crippen MR) is 73.6 cm³/mol. The second-order valence-electron chi connectivity index (χ2n) is 4.78. The summed E-state index contributed by atoms with van der Waals surface area (Å²) < 4.78 is 0. The van der Waals surface area contributed by atoms with Gasteiger partial charge in [0, 0.05) is 5.02 Å². The van der Waals surface area contributed by atoms with Gasteiger partial charge in [0.15, 0.2) is 0 Å². The normalized spacial score (nSPS) is 14.7. The number of halogens is 1. The molecule has 0 fully saturated rings. The zero-order valence-corrected chi connectivity index (χ0v) is 11.8. The first-order chi connectivity index (χ1) is 7.96. The molecule has 0 amide bonds. The van der Waals surface area contributed by atoms with Crippen LogP contribution in [0.4, 0.5) is 0 Å². The largest absolute Gasteiger partial charge is 0.299 e. The molecule has 0 saturated carbocycles. The third kappa shape index (κ3) is 2.71. The summed E-state index contributed by atoms with van der Waals surface area (Å²) in [6.07, 6.45) is 2.02. The molecule has 0 aliphatic heterocycles. The molecule has 0 spiro atoms. The highest BCUT2D eigenvalue weighted by atomic mass is 35.5. The van der Waals surface area contributed by atoms with Crippen molar-refractivity contribution in [2.45, 2.75) is 46.0 Å². The zero-order valence-electron chi connectivity index (χ0n) is 11.1. The number of Topliss-reactive ketones (excluding diaryl/α,β-unsaturated/α-hetero) is 1. The molecule has 94 valence electrons. The van der Waals surface area contributed by atoms with Gasteiger partial charge in [-0.25, -0.2) is 0 Å². The van der Waals surface area contributed by atoms with Crippen LogP contribution in [0.5, 0.6) is 0 Å². The maximum absolute atomic E-state index is 12.1. The summed E-state index contributed by atoms with van der Waals surface area (Å²) in [5.74, 6) is 0.606. The Labute approximate surface area is 109 Å². The van der Waals surface area contributed by atoms with Crippen LogP contribution in [0, 0.1) is 5.92 Å². The molecule has 0 aromatic heterocycles. The van der Waals surface area contributed by atoms with Gasteiger partial charge < -0.3 is 0 Å². The smallest absolute Gasteiger partial charge is 0.140 e. The molecule has 0 aliphatic carbocycles. The SMILES string of the molecule is CCC(CC)[C@](C)(C(C)=O)c1ccc(Cl)cc1. The highest BCUT2D eigenvalue weighted by Crippen LogP contribution is 2.37. The Bertz CT molecular complexity index is 378. The Kier molecular flexibility index (Phi) is 4.76. The molecule has 17 heavy (non-hydrogen) atoms. The standard InChI is InChI=1S/C15H21ClO/c1-5-12(6-2)15(4,11(3)17)13-7-9-14(16)10-8-13/h7-10,12H,5-6H2,1-4H3/t15-/m0/s1. The maximum Gasteiger partial charge on any atom is 0.140 e. The minimum atomic E-state index is -0.395. The lowest BCUT2D eigenvalue weighted by Crippen LogP contribution is -2.38. The zero-order chi connectivity index (χ0) is 13.1. The molecule has 1 aromatic rings. The minimum absolute atomic E-state index is 0.230. The van der Waals surface area contributed by atoms with Gasteiger partial charge in [-0.3, -0.25) is 4.79 Å². The van der Waals surface area contributed by atoms with Crippen LogP contribution in [0.15, 0.2) is 24.3 Å². The molecular formula is C15H21ClO.